The molecular formula is C17H14N2OS. The van der Waals surface area contributed by atoms with E-state index in [4.69, 9.17) is 5.73 Å². The maximum atomic E-state index is 12.4. The molecule has 1 heterocycles. The first-order valence-corrected chi connectivity index (χ1v) is 7.42. The summed E-state index contributed by atoms with van der Waals surface area (Å²) in [5.74, 6) is 5.93. The molecule has 3 aromatic rings. The van der Waals surface area contributed by atoms with Crippen LogP contribution >= 0.6 is 11.5 Å². The molecule has 0 radical (unpaired) electrons. The Morgan fingerprint density at radius 2 is 1.86 bits per heavy atom. The Labute approximate surface area is 126 Å². The number of rotatable bonds is 2. The molecule has 0 amide bonds. The highest BCUT2D eigenvalue weighted by Gasteiger charge is 2.08. The zero-order valence-electron chi connectivity index (χ0n) is 11.4. The Balaban J connectivity index is 2.03. The first-order valence-electron chi connectivity index (χ1n) is 6.65. The summed E-state index contributed by atoms with van der Waals surface area (Å²) in [5.41, 5.74) is 7.44. The predicted octanol–water partition coefficient (Wildman–Crippen LogP) is 2.42. The fraction of sp³-hybridized carbons (Fsp3) is 0.118. The van der Waals surface area contributed by atoms with E-state index in [1.165, 1.54) is 11.5 Å². The number of nitrogens with two attached hydrogens (primary N) is 1. The van der Waals surface area contributed by atoms with Crippen LogP contribution in [-0.2, 0) is 6.54 Å². The molecule has 0 bridgehead atoms. The van der Waals surface area contributed by atoms with E-state index in [2.05, 4.69) is 11.8 Å². The van der Waals surface area contributed by atoms with E-state index >= 15 is 0 Å². The van der Waals surface area contributed by atoms with Crippen LogP contribution in [0.25, 0.3) is 10.1 Å². The summed E-state index contributed by atoms with van der Waals surface area (Å²) in [5, 5.41) is 0.771. The smallest absolute Gasteiger partial charge is 0.268 e. The number of hydrogen-bond donors (Lipinski definition) is 1. The molecule has 0 saturated carbocycles. The maximum Gasteiger partial charge on any atom is 0.268 e. The monoisotopic (exact) mass is 294 g/mol. The Morgan fingerprint density at radius 1 is 1.10 bits per heavy atom. The van der Waals surface area contributed by atoms with Crippen LogP contribution in [0.2, 0.25) is 0 Å². The number of aromatic nitrogens is 1. The molecule has 104 valence electrons. The summed E-state index contributed by atoms with van der Waals surface area (Å²) < 4.78 is 2.78. The van der Waals surface area contributed by atoms with E-state index in [-0.39, 0.29) is 5.56 Å². The lowest BCUT2D eigenvalue weighted by Crippen LogP contribution is -2.14. The van der Waals surface area contributed by atoms with Crippen LogP contribution in [0.1, 0.15) is 11.1 Å². The van der Waals surface area contributed by atoms with Gasteiger partial charge >= 0.3 is 0 Å². The fourth-order valence-electron chi connectivity index (χ4n) is 2.20. The Hall–Kier alpha value is -2.35. The van der Waals surface area contributed by atoms with Gasteiger partial charge in [0.05, 0.1) is 23.2 Å². The zero-order chi connectivity index (χ0) is 14.7. The number of hydrogen-bond acceptors (Lipinski definition) is 3. The quantitative estimate of drug-likeness (QED) is 0.738. The maximum absolute atomic E-state index is 12.4. The summed E-state index contributed by atoms with van der Waals surface area (Å²) >= 11 is 1.48. The van der Waals surface area contributed by atoms with Gasteiger partial charge in [0.25, 0.3) is 5.56 Å². The molecule has 2 N–H and O–H groups in total. The van der Waals surface area contributed by atoms with E-state index in [0.717, 1.165) is 21.2 Å². The van der Waals surface area contributed by atoms with Crippen LogP contribution in [0.5, 0.6) is 0 Å². The molecule has 1 aromatic heterocycles. The van der Waals surface area contributed by atoms with Gasteiger partial charge in [-0.25, -0.2) is 0 Å². The van der Waals surface area contributed by atoms with Crippen LogP contribution in [0.15, 0.2) is 53.3 Å². The van der Waals surface area contributed by atoms with Crippen molar-refractivity contribution in [1.82, 2.24) is 3.96 Å². The molecule has 0 aliphatic carbocycles. The minimum Gasteiger partial charge on any atom is -0.320 e. The lowest BCUT2D eigenvalue weighted by Gasteiger charge is -2.04. The van der Waals surface area contributed by atoms with Crippen molar-refractivity contribution in [3.63, 3.8) is 0 Å². The van der Waals surface area contributed by atoms with Crippen molar-refractivity contribution < 1.29 is 0 Å². The largest absolute Gasteiger partial charge is 0.320 e. The molecule has 21 heavy (non-hydrogen) atoms. The Kier molecular flexibility index (Phi) is 3.87. The molecule has 4 heteroatoms. The molecule has 2 aromatic carbocycles. The lowest BCUT2D eigenvalue weighted by atomic mass is 10.1. The van der Waals surface area contributed by atoms with Gasteiger partial charge in [0.15, 0.2) is 0 Å². The van der Waals surface area contributed by atoms with E-state index < -0.39 is 0 Å². The van der Waals surface area contributed by atoms with Gasteiger partial charge in [0, 0.05) is 5.56 Å². The Morgan fingerprint density at radius 3 is 2.67 bits per heavy atom. The highest BCUT2D eigenvalue weighted by atomic mass is 32.1. The molecule has 0 spiro atoms. The highest BCUT2D eigenvalue weighted by molar-refractivity contribution is 7.13. The van der Waals surface area contributed by atoms with Gasteiger partial charge in [-0.15, -0.1) is 0 Å². The second-order valence-electron chi connectivity index (χ2n) is 4.59. The molecule has 0 saturated heterocycles. The summed E-state index contributed by atoms with van der Waals surface area (Å²) in [6, 6.07) is 15.5. The van der Waals surface area contributed by atoms with Crippen LogP contribution in [0.3, 0.4) is 0 Å². The molecule has 3 nitrogen and oxygen atoms in total. The SMILES string of the molecule is NCC#Cc1ccccc1Cn1sc2ccccc2c1=O. The third kappa shape index (κ3) is 2.75. The predicted molar refractivity (Wildman–Crippen MR) is 87.6 cm³/mol. The first-order chi connectivity index (χ1) is 10.3. The van der Waals surface area contributed by atoms with Crippen LogP contribution in [-0.4, -0.2) is 10.5 Å². The molecule has 0 unspecified atom stereocenters. The van der Waals surface area contributed by atoms with Gasteiger partial charge in [-0.05, 0) is 23.8 Å². The van der Waals surface area contributed by atoms with Crippen molar-refractivity contribution in [2.75, 3.05) is 6.54 Å². The van der Waals surface area contributed by atoms with Crippen molar-refractivity contribution in [2.24, 2.45) is 5.73 Å². The van der Waals surface area contributed by atoms with E-state index in [9.17, 15) is 4.79 Å². The average Bonchev–Trinajstić information content (AvgIpc) is 2.83. The lowest BCUT2D eigenvalue weighted by molar-refractivity contribution is 0.852. The minimum atomic E-state index is 0.0530. The second-order valence-corrected chi connectivity index (χ2v) is 5.66. The van der Waals surface area contributed by atoms with Gasteiger partial charge < -0.3 is 5.73 Å². The Bertz CT molecular complexity index is 896. The van der Waals surface area contributed by atoms with E-state index in [1.807, 2.05) is 48.5 Å². The summed E-state index contributed by atoms with van der Waals surface area (Å²) in [6.07, 6.45) is 0. The third-order valence-corrected chi connectivity index (χ3v) is 4.28. The molecule has 3 rings (SSSR count). The van der Waals surface area contributed by atoms with Crippen LogP contribution < -0.4 is 11.3 Å². The van der Waals surface area contributed by atoms with Gasteiger partial charge in [-0.2, -0.15) is 0 Å². The van der Waals surface area contributed by atoms with Crippen LogP contribution in [0, 0.1) is 11.8 Å². The van der Waals surface area contributed by atoms with Crippen molar-refractivity contribution in [1.29, 1.82) is 0 Å². The third-order valence-electron chi connectivity index (χ3n) is 3.21. The van der Waals surface area contributed by atoms with E-state index in [0.29, 0.717) is 13.1 Å². The average molecular weight is 294 g/mol. The summed E-state index contributed by atoms with van der Waals surface area (Å²) in [6.45, 7) is 0.866. The minimum absolute atomic E-state index is 0.0530. The van der Waals surface area contributed by atoms with Gasteiger partial charge in [0.1, 0.15) is 0 Å². The van der Waals surface area contributed by atoms with Crippen molar-refractivity contribution >= 4 is 21.6 Å². The molecule has 0 aliphatic rings. The van der Waals surface area contributed by atoms with Crippen molar-refractivity contribution in [3.05, 3.63) is 70.0 Å². The molecule has 0 fully saturated rings. The fourth-order valence-corrected chi connectivity index (χ4v) is 3.22. The second kappa shape index (κ2) is 5.96. The topological polar surface area (TPSA) is 48.0 Å². The standard InChI is InChI=1S/C17H14N2OS/c18-11-5-8-13-6-1-2-7-14(13)12-19-17(20)15-9-3-4-10-16(15)21-19/h1-4,6-7,9-10H,11-12,18H2. The first kappa shape index (κ1) is 13.6. The van der Waals surface area contributed by atoms with Crippen molar-refractivity contribution in [3.8, 4) is 11.8 Å². The molecule has 0 atom stereocenters. The van der Waals surface area contributed by atoms with Gasteiger partial charge in [-0.3, -0.25) is 8.75 Å². The van der Waals surface area contributed by atoms with Crippen LogP contribution in [0.4, 0.5) is 0 Å². The molecule has 0 aliphatic heterocycles. The van der Waals surface area contributed by atoms with E-state index in [1.54, 1.807) is 3.96 Å². The number of fused-ring (bicyclic) bond motifs is 1. The highest BCUT2D eigenvalue weighted by Crippen LogP contribution is 2.18. The number of nitrogens with zero attached hydrogens (tertiary/aromatic N) is 1. The van der Waals surface area contributed by atoms with Crippen molar-refractivity contribution in [2.45, 2.75) is 6.54 Å². The normalized spacial score (nSPS) is 10.3. The summed E-state index contributed by atoms with van der Waals surface area (Å²) in [4.78, 5) is 12.4. The number of benzene rings is 2. The summed E-state index contributed by atoms with van der Waals surface area (Å²) in [7, 11) is 0. The zero-order valence-corrected chi connectivity index (χ0v) is 12.2. The molecular weight excluding hydrogens is 280 g/mol. The van der Waals surface area contributed by atoms with Gasteiger partial charge in [-0.1, -0.05) is 53.7 Å². The van der Waals surface area contributed by atoms with Gasteiger partial charge in [0.2, 0.25) is 0 Å².